The van der Waals surface area contributed by atoms with E-state index in [1.807, 2.05) is 72.1 Å². The highest BCUT2D eigenvalue weighted by atomic mass is 32.1. The molecule has 0 aliphatic carbocycles. The molecule has 0 bridgehead atoms. The molecular weight excluding hydrogens is 370 g/mol. The molecule has 138 valence electrons. The number of amides is 1. The van der Waals surface area contributed by atoms with Gasteiger partial charge in [-0.05, 0) is 34.7 Å². The molecule has 0 spiro atoms. The lowest BCUT2D eigenvalue weighted by atomic mass is 10.1. The summed E-state index contributed by atoms with van der Waals surface area (Å²) in [5.74, 6) is 0.892. The molecule has 0 fully saturated rings. The zero-order chi connectivity index (χ0) is 19.2. The van der Waals surface area contributed by atoms with Crippen molar-refractivity contribution in [2.75, 3.05) is 5.32 Å². The van der Waals surface area contributed by atoms with Crippen LogP contribution in [0, 0.1) is 0 Å². The van der Waals surface area contributed by atoms with Gasteiger partial charge in [0.1, 0.15) is 0 Å². The quantitative estimate of drug-likeness (QED) is 0.471. The lowest BCUT2D eigenvalue weighted by molar-refractivity contribution is -0.111. The Balaban J connectivity index is 1.46. The van der Waals surface area contributed by atoms with Gasteiger partial charge in [0.25, 0.3) is 0 Å². The molecule has 1 amide bonds. The molecule has 0 saturated heterocycles. The number of nitrogens with zero attached hydrogens (tertiary/aromatic N) is 2. The molecule has 6 heteroatoms. The second kappa shape index (κ2) is 8.45. The average Bonchev–Trinajstić information content (AvgIpc) is 3.41. The first-order chi connectivity index (χ1) is 13.8. The Morgan fingerprint density at radius 1 is 1.04 bits per heavy atom. The number of carbonyl (C=O) groups excluding carboxylic acids is 1. The van der Waals surface area contributed by atoms with Crippen LogP contribution in [0.1, 0.15) is 17.0 Å². The first-order valence-corrected chi connectivity index (χ1v) is 9.64. The zero-order valence-electron chi connectivity index (χ0n) is 14.9. The second-order valence-corrected chi connectivity index (χ2v) is 7.00. The first-order valence-electron chi connectivity index (χ1n) is 8.76. The summed E-state index contributed by atoms with van der Waals surface area (Å²) in [7, 11) is 0. The molecule has 1 N–H and O–H groups in total. The minimum atomic E-state index is -0.193. The van der Waals surface area contributed by atoms with Crippen LogP contribution in [0.5, 0.6) is 0 Å². The molecule has 0 atom stereocenters. The molecule has 0 aliphatic rings. The summed E-state index contributed by atoms with van der Waals surface area (Å²) in [5, 5.41) is 8.93. The van der Waals surface area contributed by atoms with Crippen molar-refractivity contribution in [3.63, 3.8) is 0 Å². The summed E-state index contributed by atoms with van der Waals surface area (Å²) in [4.78, 5) is 17.7. The molecule has 4 rings (SSSR count). The van der Waals surface area contributed by atoms with Crippen LogP contribution < -0.4 is 5.32 Å². The van der Waals surface area contributed by atoms with Crippen molar-refractivity contribution >= 4 is 29.0 Å². The highest BCUT2D eigenvalue weighted by molar-refractivity contribution is 7.13. The number of rotatable bonds is 6. The number of hydrogen-bond donors (Lipinski definition) is 1. The lowest BCUT2D eigenvalue weighted by Crippen LogP contribution is -2.10. The van der Waals surface area contributed by atoms with Crippen LogP contribution in [0.2, 0.25) is 0 Å². The van der Waals surface area contributed by atoms with Gasteiger partial charge >= 0.3 is 0 Å². The summed E-state index contributed by atoms with van der Waals surface area (Å²) < 4.78 is 5.38. The third-order valence-corrected chi connectivity index (χ3v) is 4.92. The Hall–Kier alpha value is -3.51. The minimum absolute atomic E-state index is 0.193. The van der Waals surface area contributed by atoms with Gasteiger partial charge in [-0.1, -0.05) is 59.8 Å². The molecular formula is C22H17N3O2S. The van der Waals surface area contributed by atoms with Gasteiger partial charge in [0.2, 0.25) is 17.6 Å². The minimum Gasteiger partial charge on any atom is -0.339 e. The van der Waals surface area contributed by atoms with E-state index in [0.29, 0.717) is 18.1 Å². The van der Waals surface area contributed by atoms with E-state index in [4.69, 9.17) is 4.52 Å². The fraction of sp³-hybridized carbons (Fsp3) is 0.0455. The largest absolute Gasteiger partial charge is 0.339 e. The van der Waals surface area contributed by atoms with Crippen molar-refractivity contribution in [1.82, 2.24) is 10.1 Å². The fourth-order valence-corrected chi connectivity index (χ4v) is 3.35. The zero-order valence-corrected chi connectivity index (χ0v) is 15.7. The van der Waals surface area contributed by atoms with Crippen molar-refractivity contribution in [1.29, 1.82) is 0 Å². The van der Waals surface area contributed by atoms with E-state index in [0.717, 1.165) is 21.7 Å². The summed E-state index contributed by atoms with van der Waals surface area (Å²) in [6.45, 7) is 0. The smallest absolute Gasteiger partial charge is 0.248 e. The van der Waals surface area contributed by atoms with Gasteiger partial charge in [-0.2, -0.15) is 4.98 Å². The Morgan fingerprint density at radius 2 is 1.86 bits per heavy atom. The number of carbonyl (C=O) groups is 1. The number of thiophene rings is 1. The number of para-hydroxylation sites is 1. The predicted molar refractivity (Wildman–Crippen MR) is 111 cm³/mol. The van der Waals surface area contributed by atoms with Crippen LogP contribution in [0.3, 0.4) is 0 Å². The van der Waals surface area contributed by atoms with Crippen LogP contribution in [0.15, 0.2) is 82.7 Å². The van der Waals surface area contributed by atoms with E-state index >= 15 is 0 Å². The topological polar surface area (TPSA) is 68.0 Å². The number of hydrogen-bond acceptors (Lipinski definition) is 5. The van der Waals surface area contributed by atoms with Crippen molar-refractivity contribution in [3.05, 3.63) is 95.2 Å². The summed E-state index contributed by atoms with van der Waals surface area (Å²) >= 11 is 1.56. The fourth-order valence-electron chi connectivity index (χ4n) is 2.70. The van der Waals surface area contributed by atoms with Crippen molar-refractivity contribution in [2.24, 2.45) is 0 Å². The maximum atomic E-state index is 12.3. The summed E-state index contributed by atoms with van der Waals surface area (Å²) in [6, 6.07) is 21.2. The number of aromatic nitrogens is 2. The highest BCUT2D eigenvalue weighted by Gasteiger charge is 2.12. The summed E-state index contributed by atoms with van der Waals surface area (Å²) in [6.07, 6.45) is 3.74. The van der Waals surface area contributed by atoms with Crippen molar-refractivity contribution in [2.45, 2.75) is 6.42 Å². The van der Waals surface area contributed by atoms with E-state index < -0.39 is 0 Å². The van der Waals surface area contributed by atoms with E-state index in [1.165, 1.54) is 6.08 Å². The van der Waals surface area contributed by atoms with Crippen LogP contribution in [-0.2, 0) is 11.2 Å². The van der Waals surface area contributed by atoms with E-state index in [-0.39, 0.29) is 5.91 Å². The predicted octanol–water partition coefficient (Wildman–Crippen LogP) is 5.04. The summed E-state index contributed by atoms with van der Waals surface area (Å²) in [5.41, 5.74) is 2.60. The van der Waals surface area contributed by atoms with Gasteiger partial charge in [0, 0.05) is 11.8 Å². The molecule has 0 radical (unpaired) electrons. The molecule has 0 unspecified atom stereocenters. The Kier molecular flexibility index (Phi) is 5.40. The molecule has 28 heavy (non-hydrogen) atoms. The van der Waals surface area contributed by atoms with Crippen LogP contribution >= 0.6 is 11.3 Å². The molecule has 2 aromatic carbocycles. The third kappa shape index (κ3) is 4.42. The molecule has 4 aromatic rings. The normalized spacial score (nSPS) is 11.0. The molecule has 2 heterocycles. The van der Waals surface area contributed by atoms with Gasteiger partial charge in [-0.15, -0.1) is 11.3 Å². The molecule has 2 aromatic heterocycles. The van der Waals surface area contributed by atoms with Gasteiger partial charge in [0.15, 0.2) is 0 Å². The highest BCUT2D eigenvalue weighted by Crippen LogP contribution is 2.23. The maximum absolute atomic E-state index is 12.3. The van der Waals surface area contributed by atoms with Gasteiger partial charge < -0.3 is 9.84 Å². The van der Waals surface area contributed by atoms with Crippen molar-refractivity contribution in [3.8, 4) is 10.7 Å². The maximum Gasteiger partial charge on any atom is 0.248 e. The van der Waals surface area contributed by atoms with Gasteiger partial charge in [0.05, 0.1) is 11.3 Å². The number of nitrogens with one attached hydrogen (secondary N) is 1. The van der Waals surface area contributed by atoms with Crippen LogP contribution in [-0.4, -0.2) is 16.0 Å². The van der Waals surface area contributed by atoms with E-state index in [2.05, 4.69) is 15.5 Å². The molecule has 0 saturated carbocycles. The van der Waals surface area contributed by atoms with Crippen LogP contribution in [0.4, 0.5) is 5.69 Å². The average molecular weight is 387 g/mol. The Labute approximate surface area is 166 Å². The lowest BCUT2D eigenvalue weighted by Gasteiger charge is -2.08. The SMILES string of the molecule is O=C(/C=C/c1ccccc1)Nc1ccccc1Cc1nc(-c2cccs2)no1. The Morgan fingerprint density at radius 3 is 2.68 bits per heavy atom. The van der Waals surface area contributed by atoms with E-state index in [9.17, 15) is 4.79 Å². The molecule has 5 nitrogen and oxygen atoms in total. The second-order valence-electron chi connectivity index (χ2n) is 6.06. The Bertz CT molecular complexity index is 1090. The van der Waals surface area contributed by atoms with Crippen LogP contribution in [0.25, 0.3) is 16.8 Å². The number of benzene rings is 2. The van der Waals surface area contributed by atoms with Gasteiger partial charge in [-0.25, -0.2) is 0 Å². The van der Waals surface area contributed by atoms with Gasteiger partial charge in [-0.3, -0.25) is 4.79 Å². The molecule has 0 aliphatic heterocycles. The monoisotopic (exact) mass is 387 g/mol. The van der Waals surface area contributed by atoms with E-state index in [1.54, 1.807) is 17.4 Å². The van der Waals surface area contributed by atoms with Crippen molar-refractivity contribution < 1.29 is 9.32 Å². The number of anilines is 1. The third-order valence-electron chi connectivity index (χ3n) is 4.05. The first kappa shape index (κ1) is 17.9. The standard InChI is InChI=1S/C22H17N3O2S/c26-20(13-12-16-7-2-1-3-8-16)23-18-10-5-4-9-17(18)15-21-24-22(25-27-21)19-11-6-14-28-19/h1-14H,15H2,(H,23,26)/b13-12+.